The highest BCUT2D eigenvalue weighted by Gasteiger charge is 2.37. The van der Waals surface area contributed by atoms with Crippen molar-refractivity contribution in [2.45, 2.75) is 174 Å². The Morgan fingerprint density at radius 1 is 0.500 bits per heavy atom. The van der Waals surface area contributed by atoms with Gasteiger partial charge in [0.25, 0.3) is 0 Å². The molecule has 0 aliphatic heterocycles. The number of carbonyl (C=O) groups excluding carboxylic acids is 8. The molecule has 16 N–H and O–H groups in total. The number of hydrogen-bond acceptors (Lipinski definition) is 14. The van der Waals surface area contributed by atoms with E-state index in [1.54, 1.807) is 41.5 Å². The van der Waals surface area contributed by atoms with Crippen LogP contribution in [0.25, 0.3) is 0 Å². The minimum atomic E-state index is -1.65. The van der Waals surface area contributed by atoms with Gasteiger partial charge in [0, 0.05) is 0 Å². The Morgan fingerprint density at radius 2 is 0.891 bits per heavy atom. The van der Waals surface area contributed by atoms with Crippen molar-refractivity contribution >= 4 is 53.2 Å². The van der Waals surface area contributed by atoms with Crippen LogP contribution in [-0.2, 0) is 43.2 Å². The second-order valence-corrected chi connectivity index (χ2v) is 16.9. The molecule has 23 nitrogen and oxygen atoms in total. The molecule has 0 aliphatic rings. The van der Waals surface area contributed by atoms with E-state index in [9.17, 15) is 63.6 Å². The molecule has 0 radical (unpaired) electrons. The molecule has 0 aromatic rings. The van der Waals surface area contributed by atoms with Crippen LogP contribution in [-0.4, -0.2) is 153 Å². The summed E-state index contributed by atoms with van der Waals surface area (Å²) in [4.78, 5) is 118. The Kier molecular flexibility index (Phi) is 27.2. The van der Waals surface area contributed by atoms with E-state index in [-0.39, 0.29) is 18.8 Å². The molecule has 23 heteroatoms. The zero-order valence-corrected chi connectivity index (χ0v) is 38.9. The number of carboxylic acids is 1. The van der Waals surface area contributed by atoms with Crippen LogP contribution < -0.4 is 54.0 Å². The van der Waals surface area contributed by atoms with E-state index in [1.807, 2.05) is 0 Å². The fourth-order valence-electron chi connectivity index (χ4n) is 6.12. The second-order valence-electron chi connectivity index (χ2n) is 16.9. The van der Waals surface area contributed by atoms with Gasteiger partial charge < -0.3 is 74.4 Å². The number of carbonyl (C=O) groups is 9. The molecule has 64 heavy (non-hydrogen) atoms. The zero-order chi connectivity index (χ0) is 49.6. The molecular formula is C41H76N10O13. The predicted molar refractivity (Wildman–Crippen MR) is 234 cm³/mol. The van der Waals surface area contributed by atoms with Crippen molar-refractivity contribution < 1.29 is 63.6 Å². The smallest absolute Gasteiger partial charge is 0.326 e. The van der Waals surface area contributed by atoms with Gasteiger partial charge in [0.15, 0.2) is 0 Å². The molecule has 0 aromatic carbocycles. The number of rotatable bonds is 30. The second kappa shape index (κ2) is 29.5. The van der Waals surface area contributed by atoms with Gasteiger partial charge in [0.2, 0.25) is 47.3 Å². The number of unbranched alkanes of at least 4 members (excludes halogenated alkanes) is 1. The first-order chi connectivity index (χ1) is 29.7. The number of nitrogens with one attached hydrogen (secondary N) is 8. The van der Waals surface area contributed by atoms with Crippen LogP contribution in [0.15, 0.2) is 0 Å². The van der Waals surface area contributed by atoms with Crippen LogP contribution in [0.4, 0.5) is 0 Å². The van der Waals surface area contributed by atoms with Crippen LogP contribution in [0.2, 0.25) is 0 Å². The lowest BCUT2D eigenvalue weighted by Gasteiger charge is -2.31. The van der Waals surface area contributed by atoms with Gasteiger partial charge in [0.1, 0.15) is 42.3 Å². The van der Waals surface area contributed by atoms with E-state index in [4.69, 9.17) is 11.5 Å². The van der Waals surface area contributed by atoms with E-state index < -0.39 is 138 Å². The highest BCUT2D eigenvalue weighted by Crippen LogP contribution is 2.14. The molecule has 8 amide bonds. The summed E-state index contributed by atoms with van der Waals surface area (Å²) in [5, 5.41) is 60.1. The lowest BCUT2D eigenvalue weighted by atomic mass is 9.95. The summed E-state index contributed by atoms with van der Waals surface area (Å²) in [5.41, 5.74) is 11.0. The molecule has 13 atom stereocenters. The average molecular weight is 917 g/mol. The maximum absolute atomic E-state index is 13.9. The Hall–Kier alpha value is -4.97. The van der Waals surface area contributed by atoms with Crippen molar-refractivity contribution in [2.24, 2.45) is 29.2 Å². The van der Waals surface area contributed by atoms with Gasteiger partial charge in [-0.2, -0.15) is 0 Å². The first-order valence-electron chi connectivity index (χ1n) is 21.9. The minimum absolute atomic E-state index is 0.0636. The number of nitrogens with two attached hydrogens (primary N) is 2. The first kappa shape index (κ1) is 59.0. The molecule has 0 fully saturated rings. The molecule has 0 saturated heterocycles. The third kappa shape index (κ3) is 20.7. The van der Waals surface area contributed by atoms with Crippen molar-refractivity contribution in [2.75, 3.05) is 13.1 Å². The summed E-state index contributed by atoms with van der Waals surface area (Å²) < 4.78 is 0. The van der Waals surface area contributed by atoms with E-state index in [1.165, 1.54) is 27.7 Å². The number of amides is 8. The van der Waals surface area contributed by atoms with E-state index in [0.29, 0.717) is 32.2 Å². The summed E-state index contributed by atoms with van der Waals surface area (Å²) in [6, 6.07) is -10.9. The van der Waals surface area contributed by atoms with Crippen LogP contribution in [0.3, 0.4) is 0 Å². The summed E-state index contributed by atoms with van der Waals surface area (Å²) in [6.45, 7) is 14.9. The van der Waals surface area contributed by atoms with Crippen molar-refractivity contribution in [3.63, 3.8) is 0 Å². The third-order valence-electron chi connectivity index (χ3n) is 10.5. The molecule has 0 unspecified atom stereocenters. The minimum Gasteiger partial charge on any atom is -0.480 e. The van der Waals surface area contributed by atoms with Crippen molar-refractivity contribution in [1.82, 2.24) is 42.5 Å². The quantitative estimate of drug-likeness (QED) is 0.0309. The van der Waals surface area contributed by atoms with Gasteiger partial charge in [0.05, 0.1) is 30.9 Å². The van der Waals surface area contributed by atoms with E-state index >= 15 is 0 Å². The summed E-state index contributed by atoms with van der Waals surface area (Å²) in [7, 11) is 0. The van der Waals surface area contributed by atoms with Gasteiger partial charge in [-0.25, -0.2) is 4.79 Å². The van der Waals surface area contributed by atoms with Crippen LogP contribution >= 0.6 is 0 Å². The molecule has 0 saturated carbocycles. The molecule has 368 valence electrons. The number of carboxylic acid groups (broad SMARTS) is 1. The van der Waals surface area contributed by atoms with Gasteiger partial charge in [-0.3, -0.25) is 38.4 Å². The number of aliphatic hydroxyl groups is 3. The van der Waals surface area contributed by atoms with Gasteiger partial charge in [-0.15, -0.1) is 0 Å². The van der Waals surface area contributed by atoms with Gasteiger partial charge >= 0.3 is 5.97 Å². The number of hydrogen-bond donors (Lipinski definition) is 14. The molecule has 0 spiro atoms. The molecule has 0 rings (SSSR count). The Bertz CT molecular complexity index is 1560. The molecular weight excluding hydrogens is 841 g/mol. The standard InChI is InChI=1S/C41H76N10O13/c1-11-20(5)29(37(59)46-26(41(63)64)15-13-14-16-42)48-39(61)33(25(10)54)51-38(60)30(21(6)12-2)47-35(57)27(17-19(3)4)45-28(55)18-44-36(58)31(23(8)52)50-40(62)32(24(9)53)49-34(56)22(7)43/h19-27,29-33,52-54H,11-18,42-43H2,1-10H3,(H,44,58)(H,45,55)(H,46,59)(H,47,57)(H,48,61)(H,49,56)(H,50,62)(H,51,60)(H,63,64)/t20-,21-,22-,23+,24+,25+,26-,27-,29-,30-,31-,32-,33-/m0/s1. The van der Waals surface area contributed by atoms with E-state index in [2.05, 4.69) is 42.5 Å². The largest absolute Gasteiger partial charge is 0.480 e. The fourth-order valence-corrected chi connectivity index (χ4v) is 6.12. The Morgan fingerprint density at radius 3 is 1.28 bits per heavy atom. The monoisotopic (exact) mass is 917 g/mol. The summed E-state index contributed by atoms with van der Waals surface area (Å²) >= 11 is 0. The average Bonchev–Trinajstić information content (AvgIpc) is 3.21. The van der Waals surface area contributed by atoms with Crippen LogP contribution in [0.1, 0.15) is 108 Å². The molecule has 0 aromatic heterocycles. The van der Waals surface area contributed by atoms with Crippen LogP contribution in [0, 0.1) is 17.8 Å². The first-order valence-corrected chi connectivity index (χ1v) is 21.9. The SMILES string of the molecule is CC[C@H](C)[C@H](NC(=O)[C@H](CC(C)C)NC(=O)CNC(=O)[C@@H](NC(=O)[C@@H](NC(=O)[C@H](C)N)[C@@H](C)O)[C@@H](C)O)C(=O)N[C@H](C(=O)N[C@H](C(=O)N[C@@H](CCCCN)C(=O)O)[C@@H](C)CC)[C@@H](C)O. The third-order valence-corrected chi connectivity index (χ3v) is 10.5. The molecule has 0 bridgehead atoms. The molecule has 0 heterocycles. The van der Waals surface area contributed by atoms with Crippen molar-refractivity contribution in [3.8, 4) is 0 Å². The highest BCUT2D eigenvalue weighted by atomic mass is 16.4. The summed E-state index contributed by atoms with van der Waals surface area (Å²) in [6.07, 6.45) is -2.57. The Balaban J connectivity index is 6.12. The highest BCUT2D eigenvalue weighted by molar-refractivity contribution is 5.97. The number of aliphatic carboxylic acids is 1. The number of aliphatic hydroxyl groups excluding tert-OH is 3. The predicted octanol–water partition coefficient (Wildman–Crippen LogP) is -3.66. The van der Waals surface area contributed by atoms with E-state index in [0.717, 1.165) is 0 Å². The normalized spacial score (nSPS) is 17.4. The fraction of sp³-hybridized carbons (Fsp3) is 0.780. The van der Waals surface area contributed by atoms with Crippen molar-refractivity contribution in [1.29, 1.82) is 0 Å². The molecule has 0 aliphatic carbocycles. The van der Waals surface area contributed by atoms with Gasteiger partial charge in [-0.05, 0) is 77.7 Å². The van der Waals surface area contributed by atoms with Crippen LogP contribution in [0.5, 0.6) is 0 Å². The maximum Gasteiger partial charge on any atom is 0.326 e. The lowest BCUT2D eigenvalue weighted by Crippen LogP contribution is -2.63. The summed E-state index contributed by atoms with van der Waals surface area (Å²) in [5.74, 6) is -9.59. The maximum atomic E-state index is 13.9. The Labute approximate surface area is 375 Å². The van der Waals surface area contributed by atoms with Gasteiger partial charge in [-0.1, -0.05) is 54.4 Å². The van der Waals surface area contributed by atoms with Crippen molar-refractivity contribution in [3.05, 3.63) is 0 Å². The topological polar surface area (TPSA) is 383 Å². The zero-order valence-electron chi connectivity index (χ0n) is 38.9. The lowest BCUT2D eigenvalue weighted by molar-refractivity contribution is -0.143.